The Hall–Kier alpha value is -2.16. The average Bonchev–Trinajstić information content (AvgIpc) is 2.92. The van der Waals surface area contributed by atoms with Crippen molar-refractivity contribution < 1.29 is 0 Å². The zero-order valence-corrected chi connectivity index (χ0v) is 8.30. The summed E-state index contributed by atoms with van der Waals surface area (Å²) in [5.74, 6) is 5.59. The number of hydrogen-bond donors (Lipinski definition) is 2. The quantitative estimate of drug-likeness (QED) is 0.536. The number of aromatic amines is 1. The maximum absolute atomic E-state index is 5.59. The summed E-state index contributed by atoms with van der Waals surface area (Å²) in [6.45, 7) is 0. The van der Waals surface area contributed by atoms with Gasteiger partial charge in [-0.25, -0.2) is 0 Å². The third-order valence-electron chi connectivity index (χ3n) is 2.13. The highest BCUT2D eigenvalue weighted by atomic mass is 15.3. The Balaban J connectivity index is 0.000000144. The lowest BCUT2D eigenvalue weighted by Gasteiger charge is -1.92. The first kappa shape index (κ1) is 9.40. The zero-order valence-electron chi connectivity index (χ0n) is 8.30. The lowest BCUT2D eigenvalue weighted by Crippen LogP contribution is -2.04. The van der Waals surface area contributed by atoms with Gasteiger partial charge in [-0.3, -0.25) is 4.68 Å². The number of nitrogens with one attached hydrogen (secondary N) is 1. The summed E-state index contributed by atoms with van der Waals surface area (Å²) >= 11 is 0. The maximum Gasteiger partial charge on any atom is 0.0690 e. The molecule has 0 atom stereocenters. The van der Waals surface area contributed by atoms with Crippen molar-refractivity contribution in [2.24, 2.45) is 0 Å². The predicted molar refractivity (Wildman–Crippen MR) is 62.9 cm³/mol. The first-order valence-corrected chi connectivity index (χ1v) is 4.77. The predicted octanol–water partition coefficient (Wildman–Crippen LogP) is 2.37. The molecule has 3 N–H and O–H groups in total. The van der Waals surface area contributed by atoms with Gasteiger partial charge < -0.3 is 10.8 Å². The number of nitrogens with zero attached hydrogens (tertiary/aromatic N) is 1. The van der Waals surface area contributed by atoms with Crippen LogP contribution in [0.4, 0.5) is 0 Å². The van der Waals surface area contributed by atoms with Gasteiger partial charge in [-0.15, -0.1) is 0 Å². The van der Waals surface area contributed by atoms with Crippen molar-refractivity contribution >= 4 is 10.9 Å². The monoisotopic (exact) mass is 199 g/mol. The number of rotatable bonds is 0. The van der Waals surface area contributed by atoms with Crippen LogP contribution in [0, 0.1) is 0 Å². The second-order valence-corrected chi connectivity index (χ2v) is 3.17. The SMILES string of the molecule is Nn1ccc2ccccc21.c1cc[nH]c1. The van der Waals surface area contributed by atoms with E-state index in [9.17, 15) is 0 Å². The molecule has 0 aliphatic heterocycles. The number of aromatic nitrogens is 2. The van der Waals surface area contributed by atoms with Gasteiger partial charge in [0.25, 0.3) is 0 Å². The van der Waals surface area contributed by atoms with Gasteiger partial charge in [0.2, 0.25) is 0 Å². The minimum Gasteiger partial charge on any atom is -0.368 e. The van der Waals surface area contributed by atoms with Crippen LogP contribution in [0.25, 0.3) is 10.9 Å². The van der Waals surface area contributed by atoms with Crippen LogP contribution in [0.15, 0.2) is 61.1 Å². The Bertz CT molecular complexity index is 491. The average molecular weight is 199 g/mol. The second kappa shape index (κ2) is 4.37. The van der Waals surface area contributed by atoms with E-state index in [1.165, 1.54) is 5.39 Å². The summed E-state index contributed by atoms with van der Waals surface area (Å²) in [6.07, 6.45) is 5.60. The van der Waals surface area contributed by atoms with E-state index in [4.69, 9.17) is 5.84 Å². The molecule has 0 unspecified atom stereocenters. The number of hydrogen-bond acceptors (Lipinski definition) is 1. The number of H-pyrrole nitrogens is 1. The minimum absolute atomic E-state index is 1.07. The Morgan fingerprint density at radius 3 is 2.27 bits per heavy atom. The van der Waals surface area contributed by atoms with Crippen molar-refractivity contribution in [3.63, 3.8) is 0 Å². The minimum atomic E-state index is 1.07. The lowest BCUT2D eigenvalue weighted by atomic mass is 10.3. The third-order valence-corrected chi connectivity index (χ3v) is 2.13. The summed E-state index contributed by atoms with van der Waals surface area (Å²) in [4.78, 5) is 2.86. The number of fused-ring (bicyclic) bond motifs is 1. The molecule has 0 bridgehead atoms. The molecule has 3 heteroatoms. The van der Waals surface area contributed by atoms with E-state index in [0.29, 0.717) is 0 Å². The van der Waals surface area contributed by atoms with Crippen LogP contribution in [0.2, 0.25) is 0 Å². The van der Waals surface area contributed by atoms with Gasteiger partial charge in [-0.05, 0) is 24.3 Å². The van der Waals surface area contributed by atoms with Crippen molar-refractivity contribution in [2.75, 3.05) is 5.84 Å². The molecular formula is C12H13N3. The summed E-state index contributed by atoms with van der Waals surface area (Å²) in [7, 11) is 0. The van der Waals surface area contributed by atoms with Crippen molar-refractivity contribution in [1.82, 2.24) is 9.66 Å². The van der Waals surface area contributed by atoms with Crippen LogP contribution in [0.5, 0.6) is 0 Å². The van der Waals surface area contributed by atoms with Crippen LogP contribution in [-0.4, -0.2) is 9.66 Å². The molecule has 2 heterocycles. The lowest BCUT2D eigenvalue weighted by molar-refractivity contribution is 1.07. The van der Waals surface area contributed by atoms with E-state index in [-0.39, 0.29) is 0 Å². The summed E-state index contributed by atoms with van der Waals surface area (Å²) in [5.41, 5.74) is 1.07. The molecule has 1 aromatic carbocycles. The highest BCUT2D eigenvalue weighted by molar-refractivity contribution is 5.79. The highest BCUT2D eigenvalue weighted by Gasteiger charge is 1.92. The van der Waals surface area contributed by atoms with E-state index in [1.54, 1.807) is 4.68 Å². The number of benzene rings is 1. The fourth-order valence-electron chi connectivity index (χ4n) is 1.38. The molecule has 15 heavy (non-hydrogen) atoms. The molecule has 3 rings (SSSR count). The Kier molecular flexibility index (Phi) is 2.74. The van der Waals surface area contributed by atoms with Gasteiger partial charge in [0.05, 0.1) is 5.52 Å². The fourth-order valence-corrected chi connectivity index (χ4v) is 1.38. The van der Waals surface area contributed by atoms with Crippen molar-refractivity contribution in [1.29, 1.82) is 0 Å². The molecule has 3 aromatic rings. The molecule has 0 aliphatic carbocycles. The van der Waals surface area contributed by atoms with Gasteiger partial charge in [-0.1, -0.05) is 18.2 Å². The number of para-hydroxylation sites is 1. The van der Waals surface area contributed by atoms with Gasteiger partial charge in [0.1, 0.15) is 0 Å². The third kappa shape index (κ3) is 2.20. The highest BCUT2D eigenvalue weighted by Crippen LogP contribution is 2.11. The standard InChI is InChI=1S/C8H8N2.C4H5N/c9-10-6-5-7-3-1-2-4-8(7)10;1-2-4-5-3-1/h1-6H,9H2;1-5H. The van der Waals surface area contributed by atoms with Crippen LogP contribution in [0.3, 0.4) is 0 Å². The van der Waals surface area contributed by atoms with E-state index < -0.39 is 0 Å². The summed E-state index contributed by atoms with van der Waals surface area (Å²) in [5, 5.41) is 1.19. The normalized spacial score (nSPS) is 9.60. The Morgan fingerprint density at radius 1 is 0.933 bits per heavy atom. The Morgan fingerprint density at radius 2 is 1.67 bits per heavy atom. The van der Waals surface area contributed by atoms with E-state index >= 15 is 0 Å². The molecule has 76 valence electrons. The van der Waals surface area contributed by atoms with Crippen LogP contribution >= 0.6 is 0 Å². The fraction of sp³-hybridized carbons (Fsp3) is 0. The molecule has 0 fully saturated rings. The molecule has 0 radical (unpaired) electrons. The first-order valence-electron chi connectivity index (χ1n) is 4.77. The maximum atomic E-state index is 5.59. The van der Waals surface area contributed by atoms with Crippen LogP contribution in [-0.2, 0) is 0 Å². The van der Waals surface area contributed by atoms with Gasteiger partial charge in [-0.2, -0.15) is 0 Å². The zero-order chi connectivity index (χ0) is 10.5. The largest absolute Gasteiger partial charge is 0.368 e. The topological polar surface area (TPSA) is 46.7 Å². The first-order chi connectivity index (χ1) is 7.38. The van der Waals surface area contributed by atoms with Gasteiger partial charge >= 0.3 is 0 Å². The van der Waals surface area contributed by atoms with E-state index in [0.717, 1.165) is 5.52 Å². The smallest absolute Gasteiger partial charge is 0.0690 e. The van der Waals surface area contributed by atoms with Gasteiger partial charge in [0.15, 0.2) is 0 Å². The van der Waals surface area contributed by atoms with Crippen LogP contribution < -0.4 is 5.84 Å². The van der Waals surface area contributed by atoms with Gasteiger partial charge in [0, 0.05) is 24.0 Å². The summed E-state index contributed by atoms with van der Waals surface area (Å²) in [6, 6.07) is 13.9. The number of nitrogen functional groups attached to an aromatic ring is 1. The molecule has 2 aromatic heterocycles. The molecule has 0 amide bonds. The molecule has 3 nitrogen and oxygen atoms in total. The van der Waals surface area contributed by atoms with Crippen LogP contribution in [0.1, 0.15) is 0 Å². The van der Waals surface area contributed by atoms with E-state index in [2.05, 4.69) is 4.98 Å². The second-order valence-electron chi connectivity index (χ2n) is 3.17. The van der Waals surface area contributed by atoms with Crippen molar-refractivity contribution in [3.05, 3.63) is 61.1 Å². The molecule has 0 aliphatic rings. The Labute approximate surface area is 88.1 Å². The van der Waals surface area contributed by atoms with Crippen molar-refractivity contribution in [2.45, 2.75) is 0 Å². The number of nitrogens with two attached hydrogens (primary N) is 1. The molecule has 0 saturated carbocycles. The van der Waals surface area contributed by atoms with Crippen molar-refractivity contribution in [3.8, 4) is 0 Å². The summed E-state index contributed by atoms with van der Waals surface area (Å²) < 4.78 is 1.62. The van der Waals surface area contributed by atoms with E-state index in [1.807, 2.05) is 61.1 Å². The molecule has 0 saturated heterocycles. The molecular weight excluding hydrogens is 186 g/mol. The molecule has 0 spiro atoms.